The van der Waals surface area contributed by atoms with Crippen LogP contribution in [0.1, 0.15) is 53.9 Å². The van der Waals surface area contributed by atoms with Crippen LogP contribution in [0.15, 0.2) is 36.4 Å². The third-order valence-electron chi connectivity index (χ3n) is 4.42. The van der Waals surface area contributed by atoms with Crippen molar-refractivity contribution in [1.29, 1.82) is 0 Å². The van der Waals surface area contributed by atoms with Crippen molar-refractivity contribution in [3.05, 3.63) is 64.2 Å². The van der Waals surface area contributed by atoms with Gasteiger partial charge in [0.15, 0.2) is 6.29 Å². The number of imide groups is 1. The van der Waals surface area contributed by atoms with E-state index in [0.717, 1.165) is 16.9 Å². The summed E-state index contributed by atoms with van der Waals surface area (Å²) in [5.74, 6) is -1.40. The lowest BCUT2D eigenvalue weighted by Crippen LogP contribution is -2.29. The van der Waals surface area contributed by atoms with E-state index >= 15 is 0 Å². The van der Waals surface area contributed by atoms with E-state index in [1.165, 1.54) is 17.0 Å². The third-order valence-corrected chi connectivity index (χ3v) is 4.42. The van der Waals surface area contributed by atoms with Crippen LogP contribution in [0.5, 0.6) is 0 Å². The highest BCUT2D eigenvalue weighted by Gasteiger charge is 2.38. The zero-order chi connectivity index (χ0) is 19.0. The smallest absolute Gasteiger partial charge is 0.266 e. The van der Waals surface area contributed by atoms with Gasteiger partial charge in [-0.1, -0.05) is 19.1 Å². The zero-order valence-electron chi connectivity index (χ0n) is 14.8. The summed E-state index contributed by atoms with van der Waals surface area (Å²) in [6.45, 7) is 2.02. The van der Waals surface area contributed by atoms with Crippen molar-refractivity contribution < 1.29 is 19.2 Å². The molecule has 1 heterocycles. The van der Waals surface area contributed by atoms with Crippen LogP contribution >= 0.6 is 0 Å². The first-order valence-electron chi connectivity index (χ1n) is 8.21. The van der Waals surface area contributed by atoms with Crippen LogP contribution < -0.4 is 4.90 Å². The number of fused-ring (bicyclic) bond motifs is 1. The molecule has 0 saturated carbocycles. The molecule has 0 bridgehead atoms. The zero-order valence-corrected chi connectivity index (χ0v) is 14.8. The fraction of sp³-hybridized carbons (Fsp3) is 0.200. The summed E-state index contributed by atoms with van der Waals surface area (Å²) < 4.78 is 0. The number of hydrogen-bond acceptors (Lipinski definition) is 4. The van der Waals surface area contributed by atoms with E-state index in [1.807, 2.05) is 19.1 Å². The molecule has 26 heavy (non-hydrogen) atoms. The summed E-state index contributed by atoms with van der Waals surface area (Å²) in [6.07, 6.45) is 1.37. The molecule has 0 N–H and O–H groups in total. The maximum Gasteiger partial charge on any atom is 0.266 e. The van der Waals surface area contributed by atoms with Crippen molar-refractivity contribution in [3.63, 3.8) is 0 Å². The Hall–Kier alpha value is -3.28. The highest BCUT2D eigenvalue weighted by atomic mass is 16.2. The van der Waals surface area contributed by atoms with Crippen LogP contribution in [0.2, 0.25) is 0 Å². The number of aryl methyl sites for hydroxylation is 1. The Bertz CT molecular complexity index is 930. The van der Waals surface area contributed by atoms with E-state index in [0.29, 0.717) is 12.0 Å². The topological polar surface area (TPSA) is 74.8 Å². The second-order valence-electron chi connectivity index (χ2n) is 6.27. The molecule has 0 fully saturated rings. The Morgan fingerprint density at radius 3 is 2.12 bits per heavy atom. The first-order chi connectivity index (χ1) is 12.4. The fourth-order valence-electron chi connectivity index (χ4n) is 2.94. The van der Waals surface area contributed by atoms with E-state index < -0.39 is 17.7 Å². The normalized spacial score (nSPS) is 13.0. The Labute approximate surface area is 151 Å². The summed E-state index contributed by atoms with van der Waals surface area (Å²) in [7, 11) is 3.11. The monoisotopic (exact) mass is 350 g/mol. The number of rotatable bonds is 4. The van der Waals surface area contributed by atoms with Crippen molar-refractivity contribution in [3.8, 4) is 0 Å². The number of benzene rings is 2. The van der Waals surface area contributed by atoms with Gasteiger partial charge in [0, 0.05) is 19.7 Å². The minimum absolute atomic E-state index is 0.0896. The highest BCUT2D eigenvalue weighted by Crippen LogP contribution is 2.30. The molecule has 2 aromatic carbocycles. The first-order valence-corrected chi connectivity index (χ1v) is 8.21. The number of amides is 3. The average molecular weight is 350 g/mol. The van der Waals surface area contributed by atoms with E-state index in [4.69, 9.17) is 0 Å². The van der Waals surface area contributed by atoms with Gasteiger partial charge in [-0.05, 0) is 36.2 Å². The molecule has 0 aliphatic carbocycles. The number of carbonyl (C=O) groups is 4. The molecule has 132 valence electrons. The van der Waals surface area contributed by atoms with Gasteiger partial charge in [-0.2, -0.15) is 0 Å². The van der Waals surface area contributed by atoms with Crippen molar-refractivity contribution >= 4 is 29.7 Å². The SMILES string of the molecule is CCc1ccc(N2C(=O)c3cc(C=O)c(C(=O)N(C)C)cc3C2=O)cc1. The van der Waals surface area contributed by atoms with Gasteiger partial charge in [0.1, 0.15) is 0 Å². The molecule has 1 aliphatic rings. The summed E-state index contributed by atoms with van der Waals surface area (Å²) in [4.78, 5) is 51.6. The number of hydrogen-bond donors (Lipinski definition) is 0. The van der Waals surface area contributed by atoms with Gasteiger partial charge in [-0.15, -0.1) is 0 Å². The largest absolute Gasteiger partial charge is 0.345 e. The minimum Gasteiger partial charge on any atom is -0.345 e. The molecular formula is C20H18N2O4. The lowest BCUT2D eigenvalue weighted by molar-refractivity contribution is 0.0823. The standard InChI is InChI=1S/C20H18N2O4/c1-4-12-5-7-14(8-6-12)22-19(25)16-9-13(11-23)15(18(24)21(2)3)10-17(16)20(22)26/h5-11H,4H2,1-3H3. The number of anilines is 1. The predicted molar refractivity (Wildman–Crippen MR) is 96.8 cm³/mol. The molecule has 0 saturated heterocycles. The predicted octanol–water partition coefficient (Wildman–Crippen LogP) is 2.56. The lowest BCUT2D eigenvalue weighted by Gasteiger charge is -2.14. The van der Waals surface area contributed by atoms with Gasteiger partial charge in [0.2, 0.25) is 0 Å². The summed E-state index contributed by atoms with van der Waals surface area (Å²) in [5, 5.41) is 0. The van der Waals surface area contributed by atoms with Crippen LogP contribution in [0.25, 0.3) is 0 Å². The summed E-state index contributed by atoms with van der Waals surface area (Å²) in [5.41, 5.74) is 2.01. The quantitative estimate of drug-likeness (QED) is 0.627. The Balaban J connectivity index is 2.09. The molecule has 6 nitrogen and oxygen atoms in total. The van der Waals surface area contributed by atoms with Crippen LogP contribution in [-0.2, 0) is 6.42 Å². The number of carbonyl (C=O) groups excluding carboxylic acids is 4. The van der Waals surface area contributed by atoms with Crippen molar-refractivity contribution in [1.82, 2.24) is 4.90 Å². The summed E-state index contributed by atoms with van der Waals surface area (Å²) in [6, 6.07) is 9.80. The molecule has 1 aliphatic heterocycles. The fourth-order valence-corrected chi connectivity index (χ4v) is 2.94. The summed E-state index contributed by atoms with van der Waals surface area (Å²) >= 11 is 0. The number of aldehydes is 1. The van der Waals surface area contributed by atoms with Crippen LogP contribution in [0.3, 0.4) is 0 Å². The van der Waals surface area contributed by atoms with E-state index in [2.05, 4.69) is 0 Å². The molecule has 3 amide bonds. The van der Waals surface area contributed by atoms with Gasteiger partial charge >= 0.3 is 0 Å². The molecule has 0 radical (unpaired) electrons. The van der Waals surface area contributed by atoms with Gasteiger partial charge in [0.25, 0.3) is 17.7 Å². The minimum atomic E-state index is -0.500. The van der Waals surface area contributed by atoms with Crippen molar-refractivity contribution in [2.45, 2.75) is 13.3 Å². The maximum atomic E-state index is 12.8. The molecule has 6 heteroatoms. The maximum absolute atomic E-state index is 12.8. The molecule has 0 atom stereocenters. The molecule has 0 aromatic heterocycles. The molecule has 3 rings (SSSR count). The van der Waals surface area contributed by atoms with Crippen molar-refractivity contribution in [2.75, 3.05) is 19.0 Å². The van der Waals surface area contributed by atoms with Crippen molar-refractivity contribution in [2.24, 2.45) is 0 Å². The molecule has 2 aromatic rings. The Kier molecular flexibility index (Phi) is 4.42. The van der Waals surface area contributed by atoms with Crippen LogP contribution in [0.4, 0.5) is 5.69 Å². The van der Waals surface area contributed by atoms with Crippen LogP contribution in [-0.4, -0.2) is 43.0 Å². The van der Waals surface area contributed by atoms with Gasteiger partial charge in [-0.3, -0.25) is 19.2 Å². The molecule has 0 spiro atoms. The first kappa shape index (κ1) is 17.5. The van der Waals surface area contributed by atoms with E-state index in [9.17, 15) is 19.2 Å². The van der Waals surface area contributed by atoms with Gasteiger partial charge in [0.05, 0.1) is 22.4 Å². The third kappa shape index (κ3) is 2.69. The van der Waals surface area contributed by atoms with Gasteiger partial charge in [-0.25, -0.2) is 4.90 Å². The molecule has 0 unspecified atom stereocenters. The van der Waals surface area contributed by atoms with E-state index in [1.54, 1.807) is 26.2 Å². The number of nitrogens with zero attached hydrogens (tertiary/aromatic N) is 2. The lowest BCUT2D eigenvalue weighted by atomic mass is 9.99. The van der Waals surface area contributed by atoms with Gasteiger partial charge < -0.3 is 4.90 Å². The Morgan fingerprint density at radius 1 is 1.04 bits per heavy atom. The van der Waals surface area contributed by atoms with Crippen LogP contribution in [0, 0.1) is 0 Å². The molecular weight excluding hydrogens is 332 g/mol. The second-order valence-corrected chi connectivity index (χ2v) is 6.27. The Morgan fingerprint density at radius 2 is 1.62 bits per heavy atom. The highest BCUT2D eigenvalue weighted by molar-refractivity contribution is 6.35. The van der Waals surface area contributed by atoms with E-state index in [-0.39, 0.29) is 22.3 Å². The average Bonchev–Trinajstić information content (AvgIpc) is 2.90. The second kappa shape index (κ2) is 6.55.